The summed E-state index contributed by atoms with van der Waals surface area (Å²) in [5.41, 5.74) is 2.19. The third-order valence-electron chi connectivity index (χ3n) is 9.92. The SMILES string of the molecule is CCOC(=O)[C@H](CCc1ccccc1)N[C@@H](C)C(=O)N1CCC[C@H]1C(=O)O.CCOC(=O)[C@H](CCc1ccccc1)N[C@@H](C)C(=O)N1CCC[C@H]1C(=O)O.O=C(O)/C=C\C(=O)O. The van der Waals surface area contributed by atoms with Gasteiger partial charge in [0.15, 0.2) is 0 Å². The highest BCUT2D eigenvalue weighted by Gasteiger charge is 2.38. The first kappa shape index (κ1) is 52.0. The van der Waals surface area contributed by atoms with Crippen LogP contribution in [-0.2, 0) is 60.7 Å². The number of carbonyl (C=O) groups is 8. The van der Waals surface area contributed by atoms with Gasteiger partial charge in [-0.15, -0.1) is 0 Å². The van der Waals surface area contributed by atoms with E-state index in [1.807, 2.05) is 60.7 Å². The zero-order chi connectivity index (χ0) is 46.2. The van der Waals surface area contributed by atoms with Gasteiger partial charge in [-0.1, -0.05) is 60.7 Å². The Labute approximate surface area is 361 Å². The van der Waals surface area contributed by atoms with E-state index < -0.39 is 72.1 Å². The maximum absolute atomic E-state index is 12.7. The maximum atomic E-state index is 12.7. The number of nitrogens with one attached hydrogen (secondary N) is 2. The minimum atomic E-state index is -1.26. The fourth-order valence-electron chi connectivity index (χ4n) is 6.90. The Hall–Kier alpha value is -6.14. The molecule has 2 aromatic carbocycles. The van der Waals surface area contributed by atoms with Gasteiger partial charge in [-0.3, -0.25) is 29.8 Å². The molecular weight excluding hydrogens is 808 g/mol. The van der Waals surface area contributed by atoms with E-state index >= 15 is 0 Å². The number of carboxylic acids is 4. The molecule has 0 unspecified atom stereocenters. The molecule has 2 heterocycles. The third-order valence-corrected chi connectivity index (χ3v) is 9.92. The molecule has 2 aromatic rings. The van der Waals surface area contributed by atoms with Crippen LogP contribution in [0.15, 0.2) is 72.8 Å². The zero-order valence-corrected chi connectivity index (χ0v) is 35.6. The molecule has 18 nitrogen and oxygen atoms in total. The number of nitrogens with zero attached hydrogens (tertiary/aromatic N) is 2. The first-order chi connectivity index (χ1) is 29.5. The quantitative estimate of drug-likeness (QED) is 0.0825. The van der Waals surface area contributed by atoms with Gasteiger partial charge >= 0.3 is 35.8 Å². The van der Waals surface area contributed by atoms with Crippen LogP contribution < -0.4 is 10.6 Å². The number of amides is 2. The summed E-state index contributed by atoms with van der Waals surface area (Å²) in [6.45, 7) is 8.18. The van der Waals surface area contributed by atoms with Crippen LogP contribution in [0.1, 0.15) is 77.3 Å². The molecule has 62 heavy (non-hydrogen) atoms. The minimum Gasteiger partial charge on any atom is -0.480 e. The standard InChI is InChI=1S/2C20H28N2O5.C4H4O4/c2*1-3-27-20(26)16(12-11-15-8-5-4-6-9-15)21-14(2)18(23)22-13-7-10-17(22)19(24)25;5-3(6)1-2-4(7)8/h2*4-6,8-9,14,16-17,21H,3,7,10-13H2,1-2H3,(H,24,25);1-2H,(H,5,6)(H,7,8)/b;;2-1-/t2*14-,16-,17-;/m00./s1. The average molecular weight is 869 g/mol. The zero-order valence-electron chi connectivity index (χ0n) is 35.6. The summed E-state index contributed by atoms with van der Waals surface area (Å²) < 4.78 is 10.3. The van der Waals surface area contributed by atoms with Gasteiger partial charge in [0, 0.05) is 25.2 Å². The third kappa shape index (κ3) is 18.2. The number of aryl methyl sites for hydroxylation is 2. The molecule has 340 valence electrons. The lowest BCUT2D eigenvalue weighted by molar-refractivity contribution is -0.150. The van der Waals surface area contributed by atoms with Crippen molar-refractivity contribution in [1.82, 2.24) is 20.4 Å². The molecule has 0 aromatic heterocycles. The number of hydrogen-bond acceptors (Lipinski definition) is 12. The molecule has 2 aliphatic rings. The summed E-state index contributed by atoms with van der Waals surface area (Å²) in [5.74, 6) is -5.88. The van der Waals surface area contributed by atoms with Crippen LogP contribution in [0.4, 0.5) is 0 Å². The molecule has 6 N–H and O–H groups in total. The fraction of sp³-hybridized carbons (Fsp3) is 0.500. The van der Waals surface area contributed by atoms with Crippen molar-refractivity contribution in [3.8, 4) is 0 Å². The highest BCUT2D eigenvalue weighted by atomic mass is 16.5. The molecule has 2 fully saturated rings. The summed E-state index contributed by atoms with van der Waals surface area (Å²) in [6, 6.07) is 15.4. The number of ether oxygens (including phenoxy) is 2. The monoisotopic (exact) mass is 868 g/mol. The molecule has 2 saturated heterocycles. The number of rotatable bonds is 20. The summed E-state index contributed by atoms with van der Waals surface area (Å²) >= 11 is 0. The van der Waals surface area contributed by atoms with Crippen LogP contribution in [0.2, 0.25) is 0 Å². The molecule has 0 aliphatic carbocycles. The fourth-order valence-corrected chi connectivity index (χ4v) is 6.90. The smallest absolute Gasteiger partial charge is 0.328 e. The van der Waals surface area contributed by atoms with Crippen LogP contribution in [0.3, 0.4) is 0 Å². The summed E-state index contributed by atoms with van der Waals surface area (Å²) in [5, 5.41) is 40.3. The van der Waals surface area contributed by atoms with Crippen molar-refractivity contribution in [2.75, 3.05) is 26.3 Å². The Morgan fingerprint density at radius 2 is 0.952 bits per heavy atom. The van der Waals surface area contributed by atoms with Crippen molar-refractivity contribution in [2.45, 2.75) is 115 Å². The van der Waals surface area contributed by atoms with E-state index in [1.165, 1.54) is 9.80 Å². The number of benzene rings is 2. The van der Waals surface area contributed by atoms with Crippen molar-refractivity contribution >= 4 is 47.6 Å². The minimum absolute atomic E-state index is 0.262. The van der Waals surface area contributed by atoms with Crippen LogP contribution in [0, 0.1) is 0 Å². The van der Waals surface area contributed by atoms with Gasteiger partial charge in [0.1, 0.15) is 24.2 Å². The van der Waals surface area contributed by atoms with Crippen molar-refractivity contribution < 1.29 is 68.3 Å². The number of esters is 2. The highest BCUT2D eigenvalue weighted by molar-refractivity contribution is 5.90. The van der Waals surface area contributed by atoms with Crippen LogP contribution >= 0.6 is 0 Å². The van der Waals surface area contributed by atoms with Crippen LogP contribution in [0.25, 0.3) is 0 Å². The molecule has 2 amide bonds. The lowest BCUT2D eigenvalue weighted by atomic mass is 10.0. The topological polar surface area (TPSA) is 266 Å². The second-order valence-electron chi connectivity index (χ2n) is 14.5. The first-order valence-electron chi connectivity index (χ1n) is 20.6. The highest BCUT2D eigenvalue weighted by Crippen LogP contribution is 2.20. The van der Waals surface area contributed by atoms with E-state index in [1.54, 1.807) is 27.7 Å². The summed E-state index contributed by atoms with van der Waals surface area (Å²) in [7, 11) is 0. The van der Waals surface area contributed by atoms with E-state index in [0.717, 1.165) is 11.1 Å². The van der Waals surface area contributed by atoms with E-state index in [-0.39, 0.29) is 25.0 Å². The lowest BCUT2D eigenvalue weighted by Crippen LogP contribution is -2.53. The predicted octanol–water partition coefficient (Wildman–Crippen LogP) is 2.92. The summed E-state index contributed by atoms with van der Waals surface area (Å²) in [4.78, 5) is 94.6. The number of carboxylic acid groups (broad SMARTS) is 4. The van der Waals surface area contributed by atoms with E-state index in [0.29, 0.717) is 76.6 Å². The Kier molecular flexibility index (Phi) is 23.2. The van der Waals surface area contributed by atoms with Crippen molar-refractivity contribution in [2.24, 2.45) is 0 Å². The largest absolute Gasteiger partial charge is 0.480 e. The molecule has 2 aliphatic heterocycles. The molecule has 0 saturated carbocycles. The lowest BCUT2D eigenvalue weighted by Gasteiger charge is -2.27. The van der Waals surface area contributed by atoms with Gasteiger partial charge in [-0.2, -0.15) is 0 Å². The molecule has 6 atom stereocenters. The van der Waals surface area contributed by atoms with Gasteiger partial charge in [-0.25, -0.2) is 19.2 Å². The van der Waals surface area contributed by atoms with Gasteiger partial charge in [0.05, 0.1) is 25.3 Å². The van der Waals surface area contributed by atoms with Crippen molar-refractivity contribution in [3.63, 3.8) is 0 Å². The van der Waals surface area contributed by atoms with E-state index in [4.69, 9.17) is 19.7 Å². The molecule has 4 rings (SSSR count). The second kappa shape index (κ2) is 27.7. The molecular formula is C44H60N4O14. The maximum Gasteiger partial charge on any atom is 0.328 e. The number of aliphatic carboxylic acids is 4. The van der Waals surface area contributed by atoms with Gasteiger partial charge in [-0.05, 0) is 90.2 Å². The van der Waals surface area contributed by atoms with Crippen molar-refractivity contribution in [3.05, 3.63) is 83.9 Å². The van der Waals surface area contributed by atoms with Crippen molar-refractivity contribution in [1.29, 1.82) is 0 Å². The Balaban J connectivity index is 0.000000363. The predicted molar refractivity (Wildman–Crippen MR) is 225 cm³/mol. The molecule has 0 radical (unpaired) electrons. The Morgan fingerprint density at radius 1 is 0.613 bits per heavy atom. The van der Waals surface area contributed by atoms with Crippen LogP contribution in [0.5, 0.6) is 0 Å². The Bertz CT molecular complexity index is 1680. The first-order valence-corrected chi connectivity index (χ1v) is 20.6. The second-order valence-corrected chi connectivity index (χ2v) is 14.5. The normalized spacial score (nSPS) is 17.5. The van der Waals surface area contributed by atoms with E-state index in [2.05, 4.69) is 10.6 Å². The van der Waals surface area contributed by atoms with Gasteiger partial charge in [0.25, 0.3) is 0 Å². The van der Waals surface area contributed by atoms with Crippen LogP contribution in [-0.4, -0.2) is 140 Å². The van der Waals surface area contributed by atoms with Gasteiger partial charge in [0.2, 0.25) is 11.8 Å². The molecule has 18 heteroatoms. The Morgan fingerprint density at radius 3 is 1.24 bits per heavy atom. The summed E-state index contributed by atoms with van der Waals surface area (Å²) in [6.07, 6.45) is 5.69. The molecule has 0 bridgehead atoms. The number of likely N-dealkylation sites (tertiary alicyclic amines) is 2. The number of hydrogen-bond donors (Lipinski definition) is 6. The molecule has 0 spiro atoms. The van der Waals surface area contributed by atoms with E-state index in [9.17, 15) is 48.6 Å². The average Bonchev–Trinajstić information content (AvgIpc) is 3.95. The van der Waals surface area contributed by atoms with Gasteiger partial charge < -0.3 is 39.7 Å². The number of carbonyl (C=O) groups excluding carboxylic acids is 4.